The van der Waals surface area contributed by atoms with Crippen molar-refractivity contribution in [2.24, 2.45) is 57.2 Å². The molecular weight excluding hydrogens is 625 g/mol. The van der Waals surface area contributed by atoms with Gasteiger partial charge in [-0.2, -0.15) is 8.42 Å². The number of hydrogen-bond acceptors (Lipinski definition) is 6. The van der Waals surface area contributed by atoms with E-state index in [-0.39, 0.29) is 58.5 Å². The van der Waals surface area contributed by atoms with E-state index in [0.29, 0.717) is 11.8 Å². The van der Waals surface area contributed by atoms with Gasteiger partial charge in [-0.25, -0.2) is 0 Å². The smallest absolute Gasteiger partial charge is 0.327 e. The summed E-state index contributed by atoms with van der Waals surface area (Å²) in [6.07, 6.45) is 6.94. The normalized spacial score (nSPS) is 17.9. The van der Waals surface area contributed by atoms with E-state index in [9.17, 15) is 22.6 Å². The Kier molecular flexibility index (Phi) is 19.0. The number of rotatable bonds is 20. The van der Waals surface area contributed by atoms with E-state index in [4.69, 9.17) is 9.47 Å². The predicted molar refractivity (Wildman–Crippen MR) is 200 cm³/mol. The van der Waals surface area contributed by atoms with Gasteiger partial charge in [-0.15, -0.1) is 0 Å². The molecule has 0 spiro atoms. The van der Waals surface area contributed by atoms with Crippen LogP contribution in [0.2, 0.25) is 0 Å². The first-order valence-corrected chi connectivity index (χ1v) is 20.2. The summed E-state index contributed by atoms with van der Waals surface area (Å²) in [6, 6.07) is 0. The van der Waals surface area contributed by atoms with E-state index < -0.39 is 33.7 Å². The first-order valence-electron chi connectivity index (χ1n) is 18.7. The molecule has 0 fully saturated rings. The van der Waals surface area contributed by atoms with Crippen molar-refractivity contribution in [3.8, 4) is 0 Å². The molecule has 7 atom stereocenters. The van der Waals surface area contributed by atoms with Crippen LogP contribution < -0.4 is 0 Å². The molecule has 0 bridgehead atoms. The van der Waals surface area contributed by atoms with Crippen molar-refractivity contribution in [3.05, 3.63) is 0 Å². The molecule has 0 radical (unpaired) electrons. The van der Waals surface area contributed by atoms with Crippen molar-refractivity contribution in [2.75, 3.05) is 13.2 Å². The fourth-order valence-corrected chi connectivity index (χ4v) is 8.28. The van der Waals surface area contributed by atoms with Crippen LogP contribution in [-0.2, 0) is 29.2 Å². The SMILES string of the molecule is CC(CCC(COC(=O)CC(C(=O)OCC(CCC(C)CC(C)(C)C)C(C)CC(C)(C)C)S(=O)(=O)O)C(C)CC(C)(C)C)CC(C)(C)C. The summed E-state index contributed by atoms with van der Waals surface area (Å²) >= 11 is 0. The van der Waals surface area contributed by atoms with E-state index in [0.717, 1.165) is 51.4 Å². The number of carbonyl (C=O) groups excluding carboxylic acids is 2. The monoisotopic (exact) mass is 703 g/mol. The number of hydrogen-bond donors (Lipinski definition) is 1. The molecule has 0 saturated carbocycles. The molecule has 0 aliphatic carbocycles. The fraction of sp³-hybridized carbons (Fsp3) is 0.950. The van der Waals surface area contributed by atoms with Crippen LogP contribution >= 0.6 is 0 Å². The van der Waals surface area contributed by atoms with Crippen molar-refractivity contribution in [2.45, 2.75) is 174 Å². The second kappa shape index (κ2) is 19.5. The summed E-state index contributed by atoms with van der Waals surface area (Å²) in [6.45, 7) is 35.5. The Hall–Kier alpha value is -1.15. The van der Waals surface area contributed by atoms with Crippen LogP contribution in [0, 0.1) is 57.2 Å². The van der Waals surface area contributed by atoms with Crippen LogP contribution in [0.15, 0.2) is 0 Å². The van der Waals surface area contributed by atoms with E-state index in [2.05, 4.69) is 111 Å². The van der Waals surface area contributed by atoms with Crippen LogP contribution in [0.25, 0.3) is 0 Å². The van der Waals surface area contributed by atoms with Crippen molar-refractivity contribution in [1.29, 1.82) is 0 Å². The highest BCUT2D eigenvalue weighted by atomic mass is 32.2. The maximum atomic E-state index is 13.2. The van der Waals surface area contributed by atoms with Gasteiger partial charge in [0.25, 0.3) is 10.1 Å². The second-order valence-electron chi connectivity index (χ2n) is 20.4. The number of ether oxygens (including phenoxy) is 2. The molecule has 7 nitrogen and oxygen atoms in total. The van der Waals surface area contributed by atoms with E-state index in [1.165, 1.54) is 0 Å². The predicted octanol–water partition coefficient (Wildman–Crippen LogP) is 10.8. The molecule has 48 heavy (non-hydrogen) atoms. The van der Waals surface area contributed by atoms with Gasteiger partial charge in [0.05, 0.1) is 19.6 Å². The van der Waals surface area contributed by atoms with Crippen LogP contribution in [0.4, 0.5) is 0 Å². The van der Waals surface area contributed by atoms with Gasteiger partial charge < -0.3 is 9.47 Å². The lowest BCUT2D eigenvalue weighted by Crippen LogP contribution is -2.36. The zero-order valence-electron chi connectivity index (χ0n) is 34.1. The minimum atomic E-state index is -4.90. The van der Waals surface area contributed by atoms with Gasteiger partial charge in [-0.3, -0.25) is 14.1 Å². The summed E-state index contributed by atoms with van der Waals surface area (Å²) in [7, 11) is -4.90. The molecule has 0 aromatic rings. The number of esters is 2. The first kappa shape index (κ1) is 46.9. The van der Waals surface area contributed by atoms with Crippen molar-refractivity contribution < 1.29 is 32.0 Å². The third-order valence-corrected chi connectivity index (χ3v) is 10.4. The van der Waals surface area contributed by atoms with Crippen molar-refractivity contribution in [1.82, 2.24) is 0 Å². The number of carbonyl (C=O) groups is 2. The van der Waals surface area contributed by atoms with Gasteiger partial charge >= 0.3 is 11.9 Å². The van der Waals surface area contributed by atoms with E-state index >= 15 is 0 Å². The highest BCUT2D eigenvalue weighted by Gasteiger charge is 2.37. The van der Waals surface area contributed by atoms with Crippen LogP contribution in [0.1, 0.15) is 169 Å². The Labute approximate surface area is 297 Å². The lowest BCUT2D eigenvalue weighted by Gasteiger charge is -2.31. The fourth-order valence-electron chi connectivity index (χ4n) is 7.62. The topological polar surface area (TPSA) is 107 Å². The Bertz CT molecular complexity index is 1050. The Balaban J connectivity index is 5.66. The summed E-state index contributed by atoms with van der Waals surface area (Å²) in [4.78, 5) is 26.2. The third-order valence-electron chi connectivity index (χ3n) is 9.33. The average Bonchev–Trinajstić information content (AvgIpc) is 2.81. The van der Waals surface area contributed by atoms with Gasteiger partial charge in [0.15, 0.2) is 5.25 Å². The molecule has 0 aliphatic heterocycles. The molecule has 0 aromatic heterocycles. The summed E-state index contributed by atoms with van der Waals surface area (Å²) in [5.74, 6) is -0.292. The Morgan fingerprint density at radius 2 is 0.896 bits per heavy atom. The molecule has 7 unspecified atom stereocenters. The molecule has 0 saturated heterocycles. The summed E-state index contributed by atoms with van der Waals surface area (Å²) in [5.41, 5.74) is 0.621. The van der Waals surface area contributed by atoms with Gasteiger partial charge in [-0.05, 0) is 95.7 Å². The zero-order valence-corrected chi connectivity index (χ0v) is 34.9. The third kappa shape index (κ3) is 23.3. The van der Waals surface area contributed by atoms with E-state index in [1.54, 1.807) is 0 Å². The molecule has 286 valence electrons. The quantitative estimate of drug-likeness (QED) is 0.0993. The minimum absolute atomic E-state index is 0.0235. The Morgan fingerprint density at radius 3 is 1.21 bits per heavy atom. The van der Waals surface area contributed by atoms with Gasteiger partial charge in [0.2, 0.25) is 0 Å². The Morgan fingerprint density at radius 1 is 0.562 bits per heavy atom. The molecule has 0 aromatic carbocycles. The highest BCUT2D eigenvalue weighted by Crippen LogP contribution is 2.35. The van der Waals surface area contributed by atoms with Crippen molar-refractivity contribution >= 4 is 22.1 Å². The zero-order chi connectivity index (χ0) is 37.9. The molecule has 1 N–H and O–H groups in total. The van der Waals surface area contributed by atoms with E-state index in [1.807, 2.05) is 0 Å². The molecule has 0 rings (SSSR count). The molecule has 8 heteroatoms. The van der Waals surface area contributed by atoms with Gasteiger partial charge in [0.1, 0.15) is 0 Å². The first-order chi connectivity index (χ1) is 21.4. The molecule has 0 heterocycles. The van der Waals surface area contributed by atoms with Crippen LogP contribution in [0.3, 0.4) is 0 Å². The lowest BCUT2D eigenvalue weighted by molar-refractivity contribution is -0.152. The van der Waals surface area contributed by atoms with Crippen molar-refractivity contribution in [3.63, 3.8) is 0 Å². The standard InChI is InChI=1S/C40H78O7S/c1-28(22-37(5,6)7)17-19-32(30(3)24-39(11,12)13)26-46-35(41)21-34(48(43,44)45)36(42)47-27-33(31(4)25-40(14,15)16)20-18-29(2)23-38(8,9)10/h28-34H,17-27H2,1-16H3,(H,43,44,45). The molecule has 0 amide bonds. The second-order valence-corrected chi connectivity index (χ2v) is 22.0. The highest BCUT2D eigenvalue weighted by molar-refractivity contribution is 7.87. The van der Waals surface area contributed by atoms with Crippen LogP contribution in [-0.4, -0.2) is 43.4 Å². The maximum absolute atomic E-state index is 13.2. The minimum Gasteiger partial charge on any atom is -0.465 e. The lowest BCUT2D eigenvalue weighted by atomic mass is 9.76. The summed E-state index contributed by atoms with van der Waals surface area (Å²) in [5, 5.41) is -2.01. The largest absolute Gasteiger partial charge is 0.465 e. The van der Waals surface area contributed by atoms with Crippen LogP contribution in [0.5, 0.6) is 0 Å². The maximum Gasteiger partial charge on any atom is 0.327 e. The summed E-state index contributed by atoms with van der Waals surface area (Å²) < 4.78 is 46.0. The molecular formula is C40H78O7S. The average molecular weight is 703 g/mol. The van der Waals surface area contributed by atoms with Gasteiger partial charge in [0, 0.05) is 0 Å². The van der Waals surface area contributed by atoms with Gasteiger partial charge in [-0.1, -0.05) is 124 Å². The molecule has 0 aliphatic rings.